The quantitative estimate of drug-likeness (QED) is 0.650. The fraction of sp³-hybridized carbons (Fsp3) is 0.545. The molecule has 1 aromatic rings. The largest absolute Gasteiger partial charge is 0.503 e. The molecule has 1 aliphatic rings. The van der Waals surface area contributed by atoms with Gasteiger partial charge in [-0.3, -0.25) is 9.59 Å². The van der Waals surface area contributed by atoms with Crippen molar-refractivity contribution < 1.29 is 24.2 Å². The Morgan fingerprint density at radius 1 is 1.25 bits per heavy atom. The predicted octanol–water partition coefficient (Wildman–Crippen LogP) is 3.82. The molecule has 0 fully saturated rings. The molecule has 0 aromatic heterocycles. The van der Waals surface area contributed by atoms with Gasteiger partial charge in [0.05, 0.1) is 18.2 Å². The third kappa shape index (κ3) is 4.73. The number of rotatable bonds is 9. The molecule has 1 N–H and O–H groups in total. The van der Waals surface area contributed by atoms with Crippen molar-refractivity contribution in [2.75, 3.05) is 26.9 Å². The molecule has 2 rings (SSSR count). The number of aliphatic hydroxyl groups excluding tert-OH is 1. The van der Waals surface area contributed by atoms with Crippen molar-refractivity contribution in [2.45, 2.75) is 46.6 Å². The number of carbonyl (C=O) groups is 2. The molecule has 0 saturated carbocycles. The van der Waals surface area contributed by atoms with E-state index in [0.29, 0.717) is 31.9 Å². The second-order valence-electron chi connectivity index (χ2n) is 8.01. The third-order valence-electron chi connectivity index (χ3n) is 4.62. The van der Waals surface area contributed by atoms with E-state index in [1.165, 1.54) is 0 Å². The first kappa shape index (κ1) is 22.0. The Hall–Kier alpha value is -2.34. The van der Waals surface area contributed by atoms with Gasteiger partial charge in [-0.1, -0.05) is 39.8 Å². The van der Waals surface area contributed by atoms with Crippen molar-refractivity contribution in [3.63, 3.8) is 0 Å². The summed E-state index contributed by atoms with van der Waals surface area (Å²) in [4.78, 5) is 27.4. The standard InChI is InChI=1S/C22H31NO5/c1-6-12-28-16-10-7-9-15(14-16)18-17(20(25)22(2,3)4)19(24)21(26)23(18)11-8-13-27-5/h7,9-10,14,18,24H,6,8,11-13H2,1-5H3. The summed E-state index contributed by atoms with van der Waals surface area (Å²) in [5.74, 6) is -0.536. The van der Waals surface area contributed by atoms with Gasteiger partial charge >= 0.3 is 0 Å². The van der Waals surface area contributed by atoms with E-state index in [1.807, 2.05) is 31.2 Å². The van der Waals surface area contributed by atoms with Crippen LogP contribution in [-0.2, 0) is 14.3 Å². The lowest BCUT2D eigenvalue weighted by Gasteiger charge is -2.29. The molecular weight excluding hydrogens is 358 g/mol. The molecule has 0 spiro atoms. The highest BCUT2D eigenvalue weighted by Crippen LogP contribution is 2.41. The van der Waals surface area contributed by atoms with Crippen LogP contribution in [0, 0.1) is 5.41 Å². The molecule has 6 nitrogen and oxygen atoms in total. The number of ether oxygens (including phenoxy) is 2. The number of hydrogen-bond acceptors (Lipinski definition) is 5. The van der Waals surface area contributed by atoms with Crippen molar-refractivity contribution in [3.8, 4) is 5.75 Å². The summed E-state index contributed by atoms with van der Waals surface area (Å²) in [6.07, 6.45) is 1.48. The summed E-state index contributed by atoms with van der Waals surface area (Å²) in [6, 6.07) is 6.74. The van der Waals surface area contributed by atoms with Gasteiger partial charge in [-0.05, 0) is 30.5 Å². The van der Waals surface area contributed by atoms with Crippen LogP contribution in [0.15, 0.2) is 35.6 Å². The monoisotopic (exact) mass is 389 g/mol. The maximum Gasteiger partial charge on any atom is 0.290 e. The van der Waals surface area contributed by atoms with Crippen molar-refractivity contribution in [1.82, 2.24) is 4.90 Å². The minimum Gasteiger partial charge on any atom is -0.503 e. The molecule has 1 unspecified atom stereocenters. The summed E-state index contributed by atoms with van der Waals surface area (Å²) in [7, 11) is 1.60. The topological polar surface area (TPSA) is 76.1 Å². The number of carbonyl (C=O) groups excluding carboxylic acids is 2. The summed E-state index contributed by atoms with van der Waals surface area (Å²) < 4.78 is 10.8. The number of Topliss-reactive ketones (excluding diaryl/α,β-unsaturated/α-hetero) is 1. The SMILES string of the molecule is CCCOc1cccc(C2C(C(=O)C(C)(C)C)=C(O)C(=O)N2CCCOC)c1. The van der Waals surface area contributed by atoms with Gasteiger partial charge in [0.2, 0.25) is 0 Å². The van der Waals surface area contributed by atoms with Crippen LogP contribution in [0.1, 0.15) is 52.1 Å². The normalized spacial score (nSPS) is 17.4. The van der Waals surface area contributed by atoms with E-state index in [0.717, 1.165) is 12.0 Å². The fourth-order valence-corrected chi connectivity index (χ4v) is 3.24. The van der Waals surface area contributed by atoms with E-state index >= 15 is 0 Å². The van der Waals surface area contributed by atoms with Crippen LogP contribution >= 0.6 is 0 Å². The van der Waals surface area contributed by atoms with E-state index in [2.05, 4.69) is 0 Å². The Bertz CT molecular complexity index is 748. The Morgan fingerprint density at radius 3 is 2.57 bits per heavy atom. The smallest absolute Gasteiger partial charge is 0.290 e. The van der Waals surface area contributed by atoms with Gasteiger partial charge in [0.25, 0.3) is 5.91 Å². The highest BCUT2D eigenvalue weighted by Gasteiger charge is 2.45. The highest BCUT2D eigenvalue weighted by atomic mass is 16.5. The number of hydrogen-bond donors (Lipinski definition) is 1. The Morgan fingerprint density at radius 2 is 1.96 bits per heavy atom. The van der Waals surface area contributed by atoms with Crippen LogP contribution in [0.2, 0.25) is 0 Å². The van der Waals surface area contributed by atoms with E-state index < -0.39 is 23.1 Å². The number of aliphatic hydroxyl groups is 1. The van der Waals surface area contributed by atoms with Crippen molar-refractivity contribution in [3.05, 3.63) is 41.2 Å². The predicted molar refractivity (Wildman–Crippen MR) is 107 cm³/mol. The number of methoxy groups -OCH3 is 1. The maximum atomic E-state index is 13.1. The molecule has 1 amide bonds. The van der Waals surface area contributed by atoms with E-state index in [1.54, 1.807) is 32.8 Å². The molecule has 0 saturated heterocycles. The first-order valence-electron chi connectivity index (χ1n) is 9.73. The molecule has 28 heavy (non-hydrogen) atoms. The Kier molecular flexibility index (Phi) is 7.24. The van der Waals surface area contributed by atoms with Gasteiger partial charge in [0.1, 0.15) is 5.75 Å². The van der Waals surface area contributed by atoms with Crippen LogP contribution in [0.5, 0.6) is 5.75 Å². The fourth-order valence-electron chi connectivity index (χ4n) is 3.24. The molecule has 154 valence electrons. The molecule has 1 aromatic carbocycles. The highest BCUT2D eigenvalue weighted by molar-refractivity contribution is 6.10. The van der Waals surface area contributed by atoms with Gasteiger partial charge in [0.15, 0.2) is 11.5 Å². The second-order valence-corrected chi connectivity index (χ2v) is 8.01. The summed E-state index contributed by atoms with van der Waals surface area (Å²) >= 11 is 0. The van der Waals surface area contributed by atoms with E-state index in [9.17, 15) is 14.7 Å². The zero-order valence-electron chi connectivity index (χ0n) is 17.4. The first-order chi connectivity index (χ1) is 13.2. The van der Waals surface area contributed by atoms with Crippen LogP contribution < -0.4 is 4.74 Å². The molecule has 0 bridgehead atoms. The van der Waals surface area contributed by atoms with Crippen LogP contribution in [0.25, 0.3) is 0 Å². The number of nitrogens with zero attached hydrogens (tertiary/aromatic N) is 1. The number of amides is 1. The average molecular weight is 389 g/mol. The summed E-state index contributed by atoms with van der Waals surface area (Å²) in [5.41, 5.74) is 0.180. The second kappa shape index (κ2) is 9.24. The zero-order chi connectivity index (χ0) is 20.9. The molecule has 1 atom stereocenters. The van der Waals surface area contributed by atoms with Crippen LogP contribution in [-0.4, -0.2) is 48.6 Å². The third-order valence-corrected chi connectivity index (χ3v) is 4.62. The average Bonchev–Trinajstić information content (AvgIpc) is 2.90. The lowest BCUT2D eigenvalue weighted by molar-refractivity contribution is -0.129. The van der Waals surface area contributed by atoms with Crippen molar-refractivity contribution in [2.24, 2.45) is 5.41 Å². The minimum atomic E-state index is -0.722. The molecule has 1 heterocycles. The van der Waals surface area contributed by atoms with Crippen molar-refractivity contribution >= 4 is 11.7 Å². The number of benzene rings is 1. The minimum absolute atomic E-state index is 0.155. The van der Waals surface area contributed by atoms with Gasteiger partial charge in [-0.15, -0.1) is 0 Å². The molecule has 6 heteroatoms. The van der Waals surface area contributed by atoms with E-state index in [4.69, 9.17) is 9.47 Å². The molecule has 1 aliphatic heterocycles. The van der Waals surface area contributed by atoms with Gasteiger partial charge in [-0.25, -0.2) is 0 Å². The maximum absolute atomic E-state index is 13.1. The molecule has 0 aliphatic carbocycles. The number of ketones is 1. The zero-order valence-corrected chi connectivity index (χ0v) is 17.4. The van der Waals surface area contributed by atoms with E-state index in [-0.39, 0.29) is 11.4 Å². The lowest BCUT2D eigenvalue weighted by Crippen LogP contribution is -2.34. The Labute approximate surface area is 167 Å². The van der Waals surface area contributed by atoms with Gasteiger partial charge in [-0.2, -0.15) is 0 Å². The molecule has 0 radical (unpaired) electrons. The lowest BCUT2D eigenvalue weighted by atomic mass is 9.82. The summed E-state index contributed by atoms with van der Waals surface area (Å²) in [5, 5.41) is 10.6. The first-order valence-corrected chi connectivity index (χ1v) is 9.73. The van der Waals surface area contributed by atoms with Crippen molar-refractivity contribution in [1.29, 1.82) is 0 Å². The van der Waals surface area contributed by atoms with Gasteiger partial charge < -0.3 is 19.5 Å². The summed E-state index contributed by atoms with van der Waals surface area (Å²) in [6.45, 7) is 8.82. The Balaban J connectivity index is 2.48. The molecular formula is C22H31NO5. The van der Waals surface area contributed by atoms with Crippen LogP contribution in [0.3, 0.4) is 0 Å². The van der Waals surface area contributed by atoms with Crippen LogP contribution in [0.4, 0.5) is 0 Å². The van der Waals surface area contributed by atoms with Gasteiger partial charge in [0, 0.05) is 25.7 Å².